The van der Waals surface area contributed by atoms with Crippen LogP contribution in [0, 0.1) is 27.2 Å². The van der Waals surface area contributed by atoms with E-state index in [0.29, 0.717) is 5.56 Å². The Labute approximate surface area is 145 Å². The summed E-state index contributed by atoms with van der Waals surface area (Å²) >= 11 is 0. The van der Waals surface area contributed by atoms with Crippen LogP contribution in [0.2, 0.25) is 0 Å². The Morgan fingerprint density at radius 3 is 1.92 bits per heavy atom. The molecule has 136 valence electrons. The Balaban J connectivity index is 0.000000263. The number of carboxylic acid groups (broad SMARTS) is 2. The molecule has 26 heavy (non-hydrogen) atoms. The average molecular weight is 363 g/mol. The molecule has 0 aliphatic rings. The highest BCUT2D eigenvalue weighted by molar-refractivity contribution is 5.98. The van der Waals surface area contributed by atoms with Gasteiger partial charge in [0.25, 0.3) is 11.4 Å². The van der Waals surface area contributed by atoms with E-state index < -0.39 is 33.0 Å². The number of benzene rings is 2. The van der Waals surface area contributed by atoms with E-state index in [1.165, 1.54) is 30.3 Å². The van der Waals surface area contributed by atoms with Crippen molar-refractivity contribution in [1.29, 1.82) is 0 Å². The standard InChI is InChI=1S/C8H8N2O4.C7H5NO4/c1-4-2-5(9)7(8(11)12)6(3-4)10(13)14;9-7(10)5-3-1-2-4-6(5)8(11)12/h2-3H,9H2,1H3,(H,11,12);1-4H,(H,9,10). The summed E-state index contributed by atoms with van der Waals surface area (Å²) in [5.41, 5.74) is 4.23. The molecule has 0 saturated carbocycles. The van der Waals surface area contributed by atoms with Crippen molar-refractivity contribution in [1.82, 2.24) is 0 Å². The fourth-order valence-electron chi connectivity index (χ4n) is 1.99. The second-order valence-corrected chi connectivity index (χ2v) is 4.89. The highest BCUT2D eigenvalue weighted by Crippen LogP contribution is 2.26. The zero-order valence-electron chi connectivity index (χ0n) is 13.3. The van der Waals surface area contributed by atoms with Gasteiger partial charge in [-0.05, 0) is 24.6 Å². The van der Waals surface area contributed by atoms with Gasteiger partial charge in [0.15, 0.2) is 5.56 Å². The molecule has 0 heterocycles. The number of hydrogen-bond donors (Lipinski definition) is 3. The number of hydrogen-bond acceptors (Lipinski definition) is 7. The van der Waals surface area contributed by atoms with Gasteiger partial charge in [-0.1, -0.05) is 12.1 Å². The summed E-state index contributed by atoms with van der Waals surface area (Å²) < 4.78 is 0. The fraction of sp³-hybridized carbons (Fsp3) is 0.0667. The highest BCUT2D eigenvalue weighted by atomic mass is 16.6. The fourth-order valence-corrected chi connectivity index (χ4v) is 1.99. The van der Waals surface area contributed by atoms with Gasteiger partial charge in [-0.2, -0.15) is 0 Å². The number of nitrogen functional groups attached to an aromatic ring is 1. The van der Waals surface area contributed by atoms with Crippen LogP contribution in [0.25, 0.3) is 0 Å². The number of anilines is 1. The summed E-state index contributed by atoms with van der Waals surface area (Å²) in [6, 6.07) is 7.78. The predicted octanol–water partition coefficient (Wildman–Crippen LogP) is 2.48. The number of para-hydroxylation sites is 1. The third kappa shape index (κ3) is 4.74. The lowest BCUT2D eigenvalue weighted by Gasteiger charge is -2.03. The molecule has 0 spiro atoms. The van der Waals surface area contributed by atoms with E-state index in [1.54, 1.807) is 6.92 Å². The van der Waals surface area contributed by atoms with E-state index in [-0.39, 0.29) is 16.9 Å². The molecular formula is C15H13N3O8. The van der Waals surface area contributed by atoms with Crippen LogP contribution in [0.1, 0.15) is 26.3 Å². The zero-order valence-corrected chi connectivity index (χ0v) is 13.3. The van der Waals surface area contributed by atoms with Crippen LogP contribution in [0.5, 0.6) is 0 Å². The van der Waals surface area contributed by atoms with Crippen LogP contribution in [-0.4, -0.2) is 32.0 Å². The van der Waals surface area contributed by atoms with Gasteiger partial charge in [0, 0.05) is 12.1 Å². The second kappa shape index (κ2) is 8.19. The maximum absolute atomic E-state index is 10.7. The van der Waals surface area contributed by atoms with E-state index in [9.17, 15) is 29.8 Å². The zero-order chi connectivity index (χ0) is 20.0. The van der Waals surface area contributed by atoms with Crippen LogP contribution in [0.15, 0.2) is 36.4 Å². The van der Waals surface area contributed by atoms with Crippen molar-refractivity contribution >= 4 is 29.0 Å². The van der Waals surface area contributed by atoms with Gasteiger partial charge in [0.1, 0.15) is 5.56 Å². The number of carboxylic acids is 2. The SMILES string of the molecule is Cc1cc(N)c(C(=O)O)c([N+](=O)[O-])c1.O=C(O)c1ccccc1[N+](=O)[O-]. The largest absolute Gasteiger partial charge is 0.477 e. The Bertz CT molecular complexity index is 861. The molecule has 2 aromatic rings. The summed E-state index contributed by atoms with van der Waals surface area (Å²) in [5, 5.41) is 38.0. The molecule has 0 aromatic heterocycles. The number of aryl methyl sites for hydroxylation is 1. The highest BCUT2D eigenvalue weighted by Gasteiger charge is 2.23. The predicted molar refractivity (Wildman–Crippen MR) is 89.3 cm³/mol. The van der Waals surface area contributed by atoms with E-state index in [4.69, 9.17) is 15.9 Å². The first-order valence-electron chi connectivity index (χ1n) is 6.80. The van der Waals surface area contributed by atoms with Crippen LogP contribution in [-0.2, 0) is 0 Å². The lowest BCUT2D eigenvalue weighted by atomic mass is 10.1. The number of nitrogens with zero attached hydrogens (tertiary/aromatic N) is 2. The quantitative estimate of drug-likeness (QED) is 0.416. The van der Waals surface area contributed by atoms with Gasteiger partial charge < -0.3 is 15.9 Å². The van der Waals surface area contributed by atoms with Crippen LogP contribution < -0.4 is 5.73 Å². The molecule has 11 heteroatoms. The summed E-state index contributed by atoms with van der Waals surface area (Å²) in [7, 11) is 0. The van der Waals surface area contributed by atoms with Gasteiger partial charge in [-0.3, -0.25) is 20.2 Å². The van der Waals surface area contributed by atoms with Gasteiger partial charge in [-0.15, -0.1) is 0 Å². The summed E-state index contributed by atoms with van der Waals surface area (Å²) in [5.74, 6) is -2.68. The first-order chi connectivity index (χ1) is 12.1. The molecule has 11 nitrogen and oxygen atoms in total. The molecule has 0 bridgehead atoms. The molecule has 2 aromatic carbocycles. The van der Waals surface area contributed by atoms with Crippen LogP contribution in [0.4, 0.5) is 17.1 Å². The summed E-state index contributed by atoms with van der Waals surface area (Å²) in [4.78, 5) is 40.4. The van der Waals surface area contributed by atoms with Crippen LogP contribution in [0.3, 0.4) is 0 Å². The van der Waals surface area contributed by atoms with Crippen molar-refractivity contribution < 1.29 is 29.6 Å². The molecule has 0 amide bonds. The van der Waals surface area contributed by atoms with E-state index in [2.05, 4.69) is 0 Å². The molecule has 0 atom stereocenters. The Morgan fingerprint density at radius 2 is 1.50 bits per heavy atom. The lowest BCUT2D eigenvalue weighted by molar-refractivity contribution is -0.385. The number of nitro benzene ring substituents is 2. The van der Waals surface area contributed by atoms with Crippen molar-refractivity contribution in [3.05, 3.63) is 73.3 Å². The third-order valence-corrected chi connectivity index (χ3v) is 3.03. The van der Waals surface area contributed by atoms with Crippen molar-refractivity contribution in [3.8, 4) is 0 Å². The smallest absolute Gasteiger partial charge is 0.344 e. The van der Waals surface area contributed by atoms with E-state index in [1.807, 2.05) is 0 Å². The maximum atomic E-state index is 10.7. The number of rotatable bonds is 4. The minimum absolute atomic E-state index is 0.0933. The molecule has 0 aliphatic carbocycles. The van der Waals surface area contributed by atoms with Gasteiger partial charge in [-0.25, -0.2) is 9.59 Å². The van der Waals surface area contributed by atoms with Gasteiger partial charge >= 0.3 is 11.9 Å². The Kier molecular flexibility index (Phi) is 6.31. The maximum Gasteiger partial charge on any atom is 0.344 e. The Morgan fingerprint density at radius 1 is 0.962 bits per heavy atom. The van der Waals surface area contributed by atoms with E-state index >= 15 is 0 Å². The minimum Gasteiger partial charge on any atom is -0.477 e. The molecule has 0 saturated heterocycles. The van der Waals surface area contributed by atoms with E-state index in [0.717, 1.165) is 6.07 Å². The second-order valence-electron chi connectivity index (χ2n) is 4.89. The number of nitro groups is 2. The Hall–Kier alpha value is -4.02. The number of aromatic carboxylic acids is 2. The topological polar surface area (TPSA) is 187 Å². The molecule has 0 unspecified atom stereocenters. The first-order valence-corrected chi connectivity index (χ1v) is 6.80. The summed E-state index contributed by atoms with van der Waals surface area (Å²) in [6.07, 6.45) is 0. The van der Waals surface area contributed by atoms with Crippen molar-refractivity contribution in [3.63, 3.8) is 0 Å². The lowest BCUT2D eigenvalue weighted by Crippen LogP contribution is -2.07. The van der Waals surface area contributed by atoms with Crippen molar-refractivity contribution in [2.45, 2.75) is 6.92 Å². The molecule has 0 aliphatic heterocycles. The van der Waals surface area contributed by atoms with Crippen LogP contribution >= 0.6 is 0 Å². The molecule has 2 rings (SSSR count). The molecule has 0 radical (unpaired) electrons. The van der Waals surface area contributed by atoms with Gasteiger partial charge in [0.05, 0.1) is 15.5 Å². The first kappa shape index (κ1) is 20.0. The normalized spacial score (nSPS) is 9.58. The van der Waals surface area contributed by atoms with Crippen molar-refractivity contribution in [2.75, 3.05) is 5.73 Å². The minimum atomic E-state index is -1.39. The molecular weight excluding hydrogens is 350 g/mol. The summed E-state index contributed by atoms with van der Waals surface area (Å²) in [6.45, 7) is 1.61. The third-order valence-electron chi connectivity index (χ3n) is 3.03. The number of carbonyl (C=O) groups is 2. The average Bonchev–Trinajstić information content (AvgIpc) is 2.54. The van der Waals surface area contributed by atoms with Gasteiger partial charge in [0.2, 0.25) is 0 Å². The van der Waals surface area contributed by atoms with Crippen molar-refractivity contribution in [2.24, 2.45) is 0 Å². The monoisotopic (exact) mass is 363 g/mol. The number of nitrogens with two attached hydrogens (primary N) is 1. The molecule has 4 N–H and O–H groups in total. The molecule has 0 fully saturated rings.